The number of rotatable bonds is 3. The number of hydrogen-bond acceptors (Lipinski definition) is 3. The van der Waals surface area contributed by atoms with Gasteiger partial charge >= 0.3 is 0 Å². The van der Waals surface area contributed by atoms with Crippen molar-refractivity contribution in [3.63, 3.8) is 0 Å². The molecule has 4 aromatic rings. The summed E-state index contributed by atoms with van der Waals surface area (Å²) in [6, 6.07) is 19.1. The molecule has 0 aliphatic heterocycles. The molecule has 0 aliphatic carbocycles. The lowest BCUT2D eigenvalue weighted by atomic mass is 10.1. The Kier molecular flexibility index (Phi) is 4.49. The zero-order valence-electron chi connectivity index (χ0n) is 13.9. The number of fused-ring (bicyclic) bond motifs is 1. The van der Waals surface area contributed by atoms with Crippen molar-refractivity contribution in [3.8, 4) is 11.5 Å². The summed E-state index contributed by atoms with van der Waals surface area (Å²) in [6.45, 7) is 2.04. The minimum absolute atomic E-state index is 0.488. The molecule has 1 aromatic heterocycles. The van der Waals surface area contributed by atoms with Crippen LogP contribution in [0.4, 0.5) is 5.69 Å². The smallest absolute Gasteiger partial charge is 0.227 e. The molecule has 1 heterocycles. The van der Waals surface area contributed by atoms with Crippen LogP contribution in [-0.2, 0) is 0 Å². The third-order valence-corrected chi connectivity index (χ3v) is 4.80. The highest BCUT2D eigenvalue weighted by molar-refractivity contribution is 6.43. The number of hydrogen-bond donors (Lipinski definition) is 0. The minimum atomic E-state index is 0.488. The van der Waals surface area contributed by atoms with Crippen molar-refractivity contribution in [1.29, 1.82) is 0 Å². The molecule has 3 aromatic carbocycles. The Morgan fingerprint density at radius 3 is 2.69 bits per heavy atom. The Morgan fingerprint density at radius 2 is 1.85 bits per heavy atom. The van der Waals surface area contributed by atoms with Gasteiger partial charge in [-0.15, -0.1) is 0 Å². The van der Waals surface area contributed by atoms with E-state index in [1.165, 1.54) is 0 Å². The second-order valence-corrected chi connectivity index (χ2v) is 6.73. The lowest BCUT2D eigenvalue weighted by Gasteiger charge is -1.99. The van der Waals surface area contributed by atoms with E-state index in [0.717, 1.165) is 33.5 Å². The van der Waals surface area contributed by atoms with Crippen molar-refractivity contribution in [2.24, 2.45) is 4.99 Å². The summed E-state index contributed by atoms with van der Waals surface area (Å²) in [6.07, 6.45) is 1.69. The van der Waals surface area contributed by atoms with E-state index in [9.17, 15) is 0 Å². The van der Waals surface area contributed by atoms with Gasteiger partial charge in [0.25, 0.3) is 0 Å². The van der Waals surface area contributed by atoms with E-state index in [4.69, 9.17) is 27.6 Å². The van der Waals surface area contributed by atoms with Crippen LogP contribution in [-0.4, -0.2) is 11.2 Å². The van der Waals surface area contributed by atoms with Gasteiger partial charge in [0.1, 0.15) is 5.52 Å². The molecule has 0 radical (unpaired) electrons. The molecule has 0 spiro atoms. The molecule has 0 fully saturated rings. The molecular formula is C21H14Cl2N2O. The molecule has 0 bridgehead atoms. The Balaban J connectivity index is 1.67. The van der Waals surface area contributed by atoms with Gasteiger partial charge < -0.3 is 4.42 Å². The Hall–Kier alpha value is -2.62. The fraction of sp³-hybridized carbons (Fsp3) is 0.0476. The third kappa shape index (κ3) is 3.36. The van der Waals surface area contributed by atoms with Crippen LogP contribution >= 0.6 is 23.2 Å². The Morgan fingerprint density at radius 1 is 1.00 bits per heavy atom. The van der Waals surface area contributed by atoms with Crippen LogP contribution in [0.25, 0.3) is 22.6 Å². The number of halogens is 2. The molecule has 5 heteroatoms. The largest absolute Gasteiger partial charge is 0.436 e. The quantitative estimate of drug-likeness (QED) is 0.364. The van der Waals surface area contributed by atoms with Crippen molar-refractivity contribution >= 4 is 46.2 Å². The zero-order valence-corrected chi connectivity index (χ0v) is 15.4. The van der Waals surface area contributed by atoms with Crippen LogP contribution in [0.3, 0.4) is 0 Å². The first-order chi connectivity index (χ1) is 12.6. The van der Waals surface area contributed by atoms with Gasteiger partial charge in [-0.3, -0.25) is 4.99 Å². The van der Waals surface area contributed by atoms with Gasteiger partial charge in [0.2, 0.25) is 5.89 Å². The molecule has 0 saturated heterocycles. The fourth-order valence-corrected chi connectivity index (χ4v) is 3.02. The number of benzene rings is 3. The normalized spacial score (nSPS) is 11.5. The van der Waals surface area contributed by atoms with E-state index in [0.29, 0.717) is 15.9 Å². The van der Waals surface area contributed by atoms with Gasteiger partial charge in [-0.2, -0.15) is 0 Å². The van der Waals surface area contributed by atoms with E-state index in [-0.39, 0.29) is 0 Å². The second kappa shape index (κ2) is 6.94. The molecule has 4 rings (SSSR count). The lowest BCUT2D eigenvalue weighted by molar-refractivity contribution is 0.620. The van der Waals surface area contributed by atoms with Crippen LogP contribution in [0.5, 0.6) is 0 Å². The van der Waals surface area contributed by atoms with E-state index in [1.807, 2.05) is 61.5 Å². The van der Waals surface area contributed by atoms with Crippen molar-refractivity contribution in [2.45, 2.75) is 6.92 Å². The van der Waals surface area contributed by atoms with Gasteiger partial charge in [-0.05, 0) is 43.3 Å². The summed E-state index contributed by atoms with van der Waals surface area (Å²) < 4.78 is 5.86. The molecule has 0 saturated carbocycles. The molecule has 128 valence electrons. The maximum Gasteiger partial charge on any atom is 0.227 e. The number of nitrogens with zero attached hydrogens (tertiary/aromatic N) is 2. The van der Waals surface area contributed by atoms with Crippen molar-refractivity contribution in [1.82, 2.24) is 4.98 Å². The van der Waals surface area contributed by atoms with E-state index >= 15 is 0 Å². The SMILES string of the molecule is Cc1cccc(-c2nc3cc(N=Cc4cccc(Cl)c4Cl)ccc3o2)c1. The van der Waals surface area contributed by atoms with Gasteiger partial charge in [-0.25, -0.2) is 4.98 Å². The standard InChI is InChI=1S/C21H14Cl2N2O/c1-13-4-2-5-14(10-13)21-25-18-11-16(8-9-19(18)26-21)24-12-15-6-3-7-17(22)20(15)23/h2-12H,1H3. The Bertz CT molecular complexity index is 1130. The monoisotopic (exact) mass is 380 g/mol. The first-order valence-corrected chi connectivity index (χ1v) is 8.81. The number of aromatic nitrogens is 1. The van der Waals surface area contributed by atoms with Gasteiger partial charge in [0.15, 0.2) is 5.58 Å². The van der Waals surface area contributed by atoms with Crippen LogP contribution in [0, 0.1) is 6.92 Å². The van der Waals surface area contributed by atoms with Crippen LogP contribution < -0.4 is 0 Å². The second-order valence-electron chi connectivity index (χ2n) is 5.94. The fourth-order valence-electron chi connectivity index (χ4n) is 2.66. The molecular weight excluding hydrogens is 367 g/mol. The molecule has 0 aliphatic rings. The zero-order chi connectivity index (χ0) is 18.1. The van der Waals surface area contributed by atoms with Crippen molar-refractivity contribution < 1.29 is 4.42 Å². The van der Waals surface area contributed by atoms with Crippen LogP contribution in [0.1, 0.15) is 11.1 Å². The molecule has 0 N–H and O–H groups in total. The van der Waals surface area contributed by atoms with Crippen molar-refractivity contribution in [3.05, 3.63) is 81.8 Å². The van der Waals surface area contributed by atoms with Gasteiger partial charge in [0, 0.05) is 17.3 Å². The first kappa shape index (κ1) is 16.8. The molecule has 3 nitrogen and oxygen atoms in total. The minimum Gasteiger partial charge on any atom is -0.436 e. The van der Waals surface area contributed by atoms with Crippen molar-refractivity contribution in [2.75, 3.05) is 0 Å². The predicted molar refractivity (Wildman–Crippen MR) is 108 cm³/mol. The molecule has 26 heavy (non-hydrogen) atoms. The van der Waals surface area contributed by atoms with E-state index in [1.54, 1.807) is 12.3 Å². The maximum atomic E-state index is 6.19. The van der Waals surface area contributed by atoms with E-state index < -0.39 is 0 Å². The lowest BCUT2D eigenvalue weighted by Crippen LogP contribution is -1.83. The highest BCUT2D eigenvalue weighted by Crippen LogP contribution is 2.28. The Labute approximate surface area is 160 Å². The summed E-state index contributed by atoms with van der Waals surface area (Å²) in [7, 11) is 0. The average Bonchev–Trinajstić information content (AvgIpc) is 3.06. The summed E-state index contributed by atoms with van der Waals surface area (Å²) in [5.74, 6) is 0.600. The molecule has 0 amide bonds. The number of aryl methyl sites for hydroxylation is 1. The summed E-state index contributed by atoms with van der Waals surface area (Å²) in [4.78, 5) is 9.06. The summed E-state index contributed by atoms with van der Waals surface area (Å²) in [5, 5.41) is 0.993. The third-order valence-electron chi connectivity index (χ3n) is 3.97. The highest BCUT2D eigenvalue weighted by Gasteiger charge is 2.09. The summed E-state index contributed by atoms with van der Waals surface area (Å²) in [5.41, 5.74) is 5.12. The van der Waals surface area contributed by atoms with Gasteiger partial charge in [0.05, 0.1) is 15.7 Å². The van der Waals surface area contributed by atoms with Crippen LogP contribution in [0.15, 0.2) is 70.1 Å². The molecule has 0 unspecified atom stereocenters. The molecule has 0 atom stereocenters. The topological polar surface area (TPSA) is 38.4 Å². The van der Waals surface area contributed by atoms with Gasteiger partial charge in [-0.1, -0.05) is 53.0 Å². The first-order valence-electron chi connectivity index (χ1n) is 8.06. The highest BCUT2D eigenvalue weighted by atomic mass is 35.5. The summed E-state index contributed by atoms with van der Waals surface area (Å²) >= 11 is 12.2. The number of oxazole rings is 1. The van der Waals surface area contributed by atoms with Crippen LogP contribution in [0.2, 0.25) is 10.0 Å². The van der Waals surface area contributed by atoms with E-state index in [2.05, 4.69) is 9.98 Å². The average molecular weight is 381 g/mol. The number of aliphatic imine (C=N–C) groups is 1. The predicted octanol–water partition coefficient (Wildman–Crippen LogP) is 6.86. The maximum absolute atomic E-state index is 6.19.